The summed E-state index contributed by atoms with van der Waals surface area (Å²) in [6, 6.07) is 0. The second kappa shape index (κ2) is 6.58. The summed E-state index contributed by atoms with van der Waals surface area (Å²) < 4.78 is 0. The highest BCUT2D eigenvalue weighted by molar-refractivity contribution is 6.69. The molecule has 0 bridgehead atoms. The summed E-state index contributed by atoms with van der Waals surface area (Å²) in [6.45, 7) is 8.45. The van der Waals surface area contributed by atoms with Gasteiger partial charge in [0.2, 0.25) is 5.91 Å². The van der Waals surface area contributed by atoms with Crippen LogP contribution in [-0.4, -0.2) is 16.4 Å². The molecule has 0 atom stereocenters. The molecule has 0 saturated carbocycles. The Kier molecular flexibility index (Phi) is 5.54. The van der Waals surface area contributed by atoms with E-state index in [1.165, 1.54) is 0 Å². The highest BCUT2D eigenvalue weighted by Gasteiger charge is 2.24. The average molecular weight is 330 g/mol. The molecule has 0 aliphatic rings. The molecule has 6 heteroatoms. The van der Waals surface area contributed by atoms with Crippen LogP contribution in [0.25, 0.3) is 0 Å². The fourth-order valence-corrected chi connectivity index (χ4v) is 2.83. The molecule has 1 aromatic rings. The lowest BCUT2D eigenvalue weighted by molar-refractivity contribution is -0.118. The second-order valence-corrected chi connectivity index (χ2v) is 5.88. The molecule has 114 valence electrons. The van der Waals surface area contributed by atoms with E-state index >= 15 is 0 Å². The van der Waals surface area contributed by atoms with Crippen LogP contribution < -0.4 is 5.32 Å². The minimum absolute atomic E-state index is 0.199. The first kappa shape index (κ1) is 17.7. The molecule has 0 saturated heterocycles. The van der Waals surface area contributed by atoms with Gasteiger partial charge < -0.3 is 5.32 Å². The molecule has 0 aromatic heterocycles. The number of amides is 1. The minimum Gasteiger partial charge on any atom is -0.325 e. The Labute approximate surface area is 133 Å². The summed E-state index contributed by atoms with van der Waals surface area (Å²) in [5, 5.41) is 1.35. The van der Waals surface area contributed by atoms with Crippen LogP contribution in [0.3, 0.4) is 0 Å². The highest BCUT2D eigenvalue weighted by Crippen LogP contribution is 2.33. The number of hydrogen-bond donors (Lipinski definition) is 1. The molecule has 0 radical (unpaired) electrons. The van der Waals surface area contributed by atoms with E-state index in [1.54, 1.807) is 34.6 Å². The summed E-state index contributed by atoms with van der Waals surface area (Å²) in [4.78, 5) is 35.2. The first-order valence-corrected chi connectivity index (χ1v) is 7.19. The monoisotopic (exact) mass is 329 g/mol. The number of carbonyl (C=O) groups is 3. The number of hydrogen-bond acceptors (Lipinski definition) is 3. The molecular formula is C15H17Cl2NO3. The second-order valence-electron chi connectivity index (χ2n) is 5.19. The van der Waals surface area contributed by atoms with Crippen molar-refractivity contribution in [1.29, 1.82) is 0 Å². The summed E-state index contributed by atoms with van der Waals surface area (Å²) >= 11 is 11.2. The predicted octanol–water partition coefficient (Wildman–Crippen LogP) is 3.96. The fraction of sp³-hybridized carbons (Fsp3) is 0.400. The van der Waals surface area contributed by atoms with Crippen molar-refractivity contribution < 1.29 is 14.4 Å². The maximum Gasteiger partial charge on any atom is 0.253 e. The number of nitrogens with one attached hydrogen (secondary N) is 1. The van der Waals surface area contributed by atoms with Crippen molar-refractivity contribution >= 4 is 45.3 Å². The maximum absolute atomic E-state index is 11.9. The van der Waals surface area contributed by atoms with Crippen LogP contribution >= 0.6 is 23.2 Å². The molecule has 1 amide bonds. The smallest absolute Gasteiger partial charge is 0.253 e. The Morgan fingerprint density at radius 1 is 0.857 bits per heavy atom. The standard InChI is InChI=1S/C15H17Cl2NO3/c1-6(2)15(21)18-12-8(4)10(13(16)19)7(3)11(9(12)5)14(17)20/h6H,1-5H3,(H,18,21). The van der Waals surface area contributed by atoms with Gasteiger partial charge in [-0.25, -0.2) is 0 Å². The fourth-order valence-electron chi connectivity index (χ4n) is 2.26. The predicted molar refractivity (Wildman–Crippen MR) is 84.5 cm³/mol. The van der Waals surface area contributed by atoms with E-state index in [0.717, 1.165) is 0 Å². The first-order chi connectivity index (χ1) is 9.59. The van der Waals surface area contributed by atoms with E-state index in [1.807, 2.05) is 0 Å². The zero-order valence-corrected chi connectivity index (χ0v) is 14.1. The third-order valence-electron chi connectivity index (χ3n) is 3.42. The lowest BCUT2D eigenvalue weighted by Crippen LogP contribution is -2.21. The van der Waals surface area contributed by atoms with Gasteiger partial charge in [0.05, 0.1) is 0 Å². The molecule has 1 aromatic carbocycles. The third-order valence-corrected chi connectivity index (χ3v) is 3.79. The van der Waals surface area contributed by atoms with Crippen molar-refractivity contribution in [3.05, 3.63) is 27.8 Å². The largest absolute Gasteiger partial charge is 0.325 e. The van der Waals surface area contributed by atoms with Gasteiger partial charge in [0.1, 0.15) is 0 Å². The van der Waals surface area contributed by atoms with Gasteiger partial charge in [0.15, 0.2) is 0 Å². The molecule has 1 N–H and O–H groups in total. The topological polar surface area (TPSA) is 63.2 Å². The zero-order valence-electron chi connectivity index (χ0n) is 12.6. The first-order valence-electron chi connectivity index (χ1n) is 6.43. The molecule has 0 spiro atoms. The van der Waals surface area contributed by atoms with Crippen LogP contribution in [0.2, 0.25) is 0 Å². The van der Waals surface area contributed by atoms with Crippen LogP contribution in [-0.2, 0) is 4.79 Å². The Bertz CT molecular complexity index is 595. The van der Waals surface area contributed by atoms with Gasteiger partial charge in [-0.15, -0.1) is 0 Å². The van der Waals surface area contributed by atoms with E-state index in [0.29, 0.717) is 22.4 Å². The van der Waals surface area contributed by atoms with Gasteiger partial charge in [0.25, 0.3) is 10.5 Å². The van der Waals surface area contributed by atoms with E-state index in [2.05, 4.69) is 5.32 Å². The van der Waals surface area contributed by atoms with E-state index in [9.17, 15) is 14.4 Å². The SMILES string of the molecule is Cc1c(NC(=O)C(C)C)c(C)c(C(=O)Cl)c(C)c1C(=O)Cl. The van der Waals surface area contributed by atoms with Gasteiger partial charge in [-0.2, -0.15) is 0 Å². The number of benzene rings is 1. The summed E-state index contributed by atoms with van der Waals surface area (Å²) in [5.74, 6) is -0.457. The molecule has 0 aliphatic carbocycles. The van der Waals surface area contributed by atoms with Crippen LogP contribution in [0.1, 0.15) is 51.3 Å². The van der Waals surface area contributed by atoms with Gasteiger partial charge in [-0.1, -0.05) is 13.8 Å². The highest BCUT2D eigenvalue weighted by atomic mass is 35.5. The van der Waals surface area contributed by atoms with Gasteiger partial charge in [-0.05, 0) is 60.7 Å². The van der Waals surface area contributed by atoms with E-state index < -0.39 is 10.5 Å². The van der Waals surface area contributed by atoms with Crippen molar-refractivity contribution in [3.8, 4) is 0 Å². The lowest BCUT2D eigenvalue weighted by Gasteiger charge is -2.20. The molecule has 0 unspecified atom stereocenters. The third kappa shape index (κ3) is 3.44. The van der Waals surface area contributed by atoms with Crippen LogP contribution in [0.5, 0.6) is 0 Å². The van der Waals surface area contributed by atoms with Crippen molar-refractivity contribution in [2.75, 3.05) is 5.32 Å². The Morgan fingerprint density at radius 2 is 1.24 bits per heavy atom. The van der Waals surface area contributed by atoms with Crippen molar-refractivity contribution in [1.82, 2.24) is 0 Å². The van der Waals surface area contributed by atoms with Crippen LogP contribution in [0.4, 0.5) is 5.69 Å². The average Bonchev–Trinajstić information content (AvgIpc) is 2.32. The molecule has 0 heterocycles. The van der Waals surface area contributed by atoms with E-state index in [-0.39, 0.29) is 23.0 Å². The van der Waals surface area contributed by atoms with Gasteiger partial charge in [0, 0.05) is 22.7 Å². The summed E-state index contributed by atoms with van der Waals surface area (Å²) in [5.41, 5.74) is 2.29. The Morgan fingerprint density at radius 3 is 1.52 bits per heavy atom. The summed E-state index contributed by atoms with van der Waals surface area (Å²) in [6.07, 6.45) is 0. The van der Waals surface area contributed by atoms with Crippen molar-refractivity contribution in [2.45, 2.75) is 34.6 Å². The molecular weight excluding hydrogens is 313 g/mol. The molecule has 0 aliphatic heterocycles. The zero-order chi connectivity index (χ0) is 16.5. The quantitative estimate of drug-likeness (QED) is 0.850. The number of carbonyl (C=O) groups excluding carboxylic acids is 3. The molecule has 0 fully saturated rings. The maximum atomic E-state index is 11.9. The van der Waals surface area contributed by atoms with Crippen molar-refractivity contribution in [2.24, 2.45) is 5.92 Å². The van der Waals surface area contributed by atoms with Crippen molar-refractivity contribution in [3.63, 3.8) is 0 Å². The van der Waals surface area contributed by atoms with Gasteiger partial charge in [-0.3, -0.25) is 14.4 Å². The van der Waals surface area contributed by atoms with Crippen LogP contribution in [0, 0.1) is 26.7 Å². The lowest BCUT2D eigenvalue weighted by atomic mass is 9.92. The number of rotatable bonds is 4. The number of halogens is 2. The Hall–Kier alpha value is -1.39. The van der Waals surface area contributed by atoms with Gasteiger partial charge >= 0.3 is 0 Å². The molecule has 21 heavy (non-hydrogen) atoms. The Balaban J connectivity index is 3.67. The molecule has 4 nitrogen and oxygen atoms in total. The normalized spacial score (nSPS) is 10.7. The van der Waals surface area contributed by atoms with Crippen LogP contribution in [0.15, 0.2) is 0 Å². The number of anilines is 1. The van der Waals surface area contributed by atoms with E-state index in [4.69, 9.17) is 23.2 Å². The minimum atomic E-state index is -0.691. The summed E-state index contributed by atoms with van der Waals surface area (Å²) in [7, 11) is 0. The molecule has 1 rings (SSSR count).